The van der Waals surface area contributed by atoms with Crippen LogP contribution >= 0.6 is 0 Å². The van der Waals surface area contributed by atoms with Crippen LogP contribution in [0, 0.1) is 0 Å². The number of hydrogen-bond acceptors (Lipinski definition) is 5. The third-order valence-electron chi connectivity index (χ3n) is 3.96. The first kappa shape index (κ1) is 17.7. The number of aromatic nitrogens is 1. The van der Waals surface area contributed by atoms with Gasteiger partial charge >= 0.3 is 0 Å². The van der Waals surface area contributed by atoms with Crippen molar-refractivity contribution in [3.63, 3.8) is 0 Å². The summed E-state index contributed by atoms with van der Waals surface area (Å²) in [7, 11) is 0. The quantitative estimate of drug-likeness (QED) is 0.667. The number of rotatable bonds is 5. The zero-order valence-electron chi connectivity index (χ0n) is 14.6. The highest BCUT2D eigenvalue weighted by Gasteiger charge is 2.37. The van der Waals surface area contributed by atoms with Gasteiger partial charge in [0, 0.05) is 30.1 Å². The molecular formula is C17H29N5O. The number of hydrogen-bond donors (Lipinski definition) is 4. The van der Waals surface area contributed by atoms with Crippen LogP contribution in [0.25, 0.3) is 0 Å². The Morgan fingerprint density at radius 1 is 1.30 bits per heavy atom. The Hall–Kier alpha value is -1.66. The number of carbonyl (C=O) groups excluding carboxylic acids is 1. The molecule has 1 amide bonds. The minimum absolute atomic E-state index is 0.100. The van der Waals surface area contributed by atoms with Crippen molar-refractivity contribution in [3.05, 3.63) is 18.3 Å². The van der Waals surface area contributed by atoms with E-state index in [1.807, 2.05) is 12.1 Å². The fourth-order valence-electron chi connectivity index (χ4n) is 3.55. The molecule has 1 aliphatic heterocycles. The molecule has 1 fully saturated rings. The summed E-state index contributed by atoms with van der Waals surface area (Å²) >= 11 is 0. The van der Waals surface area contributed by atoms with E-state index in [1.54, 1.807) is 6.20 Å². The highest BCUT2D eigenvalue weighted by atomic mass is 16.1. The molecule has 0 aromatic carbocycles. The zero-order valence-corrected chi connectivity index (χ0v) is 14.6. The van der Waals surface area contributed by atoms with E-state index in [9.17, 15) is 4.79 Å². The van der Waals surface area contributed by atoms with Gasteiger partial charge in [0.1, 0.15) is 5.82 Å². The van der Waals surface area contributed by atoms with E-state index in [2.05, 4.69) is 48.6 Å². The van der Waals surface area contributed by atoms with Crippen LogP contribution in [0.2, 0.25) is 0 Å². The molecule has 2 rings (SSSR count). The van der Waals surface area contributed by atoms with Crippen molar-refractivity contribution in [1.82, 2.24) is 10.3 Å². The van der Waals surface area contributed by atoms with Gasteiger partial charge in [-0.3, -0.25) is 4.79 Å². The number of carbonyl (C=O) groups is 1. The van der Waals surface area contributed by atoms with Gasteiger partial charge in [0.15, 0.2) is 0 Å². The molecule has 0 bridgehead atoms. The Kier molecular flexibility index (Phi) is 5.26. The number of pyridine rings is 1. The van der Waals surface area contributed by atoms with Crippen molar-refractivity contribution in [2.45, 2.75) is 64.1 Å². The molecule has 0 radical (unpaired) electrons. The molecule has 1 saturated heterocycles. The third kappa shape index (κ3) is 5.48. The lowest BCUT2D eigenvalue weighted by atomic mass is 9.79. The van der Waals surface area contributed by atoms with Gasteiger partial charge in [0.25, 0.3) is 0 Å². The van der Waals surface area contributed by atoms with Crippen LogP contribution in [0.5, 0.6) is 0 Å². The lowest BCUT2D eigenvalue weighted by Crippen LogP contribution is -2.60. The van der Waals surface area contributed by atoms with Crippen LogP contribution in [-0.4, -0.2) is 34.6 Å². The average molecular weight is 319 g/mol. The Morgan fingerprint density at radius 2 is 1.96 bits per heavy atom. The molecule has 0 spiro atoms. The molecule has 0 atom stereocenters. The van der Waals surface area contributed by atoms with Gasteiger partial charge < -0.3 is 21.7 Å². The maximum absolute atomic E-state index is 11.5. The van der Waals surface area contributed by atoms with Crippen molar-refractivity contribution >= 4 is 17.4 Å². The van der Waals surface area contributed by atoms with Crippen LogP contribution in [0.15, 0.2) is 18.3 Å². The van der Waals surface area contributed by atoms with Gasteiger partial charge in [-0.1, -0.05) is 0 Å². The van der Waals surface area contributed by atoms with Crippen molar-refractivity contribution < 1.29 is 4.79 Å². The fraction of sp³-hybridized carbons (Fsp3) is 0.647. The number of nitrogens with two attached hydrogens (primary N) is 1. The second kappa shape index (κ2) is 6.84. The summed E-state index contributed by atoms with van der Waals surface area (Å²) < 4.78 is 0. The minimum atomic E-state index is -0.109. The number of nitrogens with one attached hydrogen (secondary N) is 3. The molecule has 2 heterocycles. The van der Waals surface area contributed by atoms with Crippen molar-refractivity contribution in [3.8, 4) is 0 Å². The summed E-state index contributed by atoms with van der Waals surface area (Å²) in [6.45, 7) is 9.27. The van der Waals surface area contributed by atoms with Crippen molar-refractivity contribution in [2.24, 2.45) is 5.73 Å². The van der Waals surface area contributed by atoms with Crippen LogP contribution in [0.4, 0.5) is 11.5 Å². The molecule has 1 aromatic heterocycles. The zero-order chi connectivity index (χ0) is 17.1. The third-order valence-corrected chi connectivity index (χ3v) is 3.96. The Balaban J connectivity index is 1.96. The standard InChI is InChI=1S/C17H29N5O/c1-16(2)9-13(10-17(3,4)22-16)20-12-5-6-14(19-11-12)21-15(23)7-8-18/h5-6,11,13,20,22H,7-10,18H2,1-4H3,(H,19,21,23). The molecular weight excluding hydrogens is 290 g/mol. The summed E-state index contributed by atoms with van der Waals surface area (Å²) in [5.74, 6) is 0.447. The van der Waals surface area contributed by atoms with E-state index in [0.29, 0.717) is 24.8 Å². The lowest BCUT2D eigenvalue weighted by Gasteiger charge is -2.46. The van der Waals surface area contributed by atoms with Gasteiger partial charge in [0.05, 0.1) is 11.9 Å². The van der Waals surface area contributed by atoms with E-state index in [1.165, 1.54) is 0 Å². The predicted molar refractivity (Wildman–Crippen MR) is 94.5 cm³/mol. The molecule has 0 aliphatic carbocycles. The first-order valence-electron chi connectivity index (χ1n) is 8.21. The summed E-state index contributed by atoms with van der Waals surface area (Å²) in [6, 6.07) is 4.15. The smallest absolute Gasteiger partial charge is 0.226 e. The number of piperidine rings is 1. The van der Waals surface area contributed by atoms with Gasteiger partial charge in [-0.15, -0.1) is 0 Å². The summed E-state index contributed by atoms with van der Waals surface area (Å²) in [4.78, 5) is 15.8. The topological polar surface area (TPSA) is 92.1 Å². The molecule has 23 heavy (non-hydrogen) atoms. The fourth-order valence-corrected chi connectivity index (χ4v) is 3.55. The van der Waals surface area contributed by atoms with Crippen molar-refractivity contribution in [1.29, 1.82) is 0 Å². The molecule has 1 aromatic rings. The molecule has 0 unspecified atom stereocenters. The van der Waals surface area contributed by atoms with E-state index < -0.39 is 0 Å². The van der Waals surface area contributed by atoms with Gasteiger partial charge in [-0.05, 0) is 52.7 Å². The van der Waals surface area contributed by atoms with Gasteiger partial charge in [-0.2, -0.15) is 0 Å². The number of amides is 1. The van der Waals surface area contributed by atoms with Crippen molar-refractivity contribution in [2.75, 3.05) is 17.2 Å². The first-order valence-corrected chi connectivity index (χ1v) is 8.21. The highest BCUT2D eigenvalue weighted by molar-refractivity contribution is 5.89. The normalized spacial score (nSPS) is 20.0. The first-order chi connectivity index (χ1) is 10.7. The van der Waals surface area contributed by atoms with E-state index in [4.69, 9.17) is 5.73 Å². The predicted octanol–water partition coefficient (Wildman–Crippen LogP) is 2.09. The Bertz CT molecular complexity index is 522. The summed E-state index contributed by atoms with van der Waals surface area (Å²) in [5, 5.41) is 9.97. The minimum Gasteiger partial charge on any atom is -0.381 e. The highest BCUT2D eigenvalue weighted by Crippen LogP contribution is 2.30. The van der Waals surface area contributed by atoms with Gasteiger partial charge in [-0.25, -0.2) is 4.98 Å². The van der Waals surface area contributed by atoms with E-state index in [-0.39, 0.29) is 17.0 Å². The summed E-state index contributed by atoms with van der Waals surface area (Å²) in [5.41, 5.74) is 6.53. The SMILES string of the molecule is CC1(C)CC(Nc2ccc(NC(=O)CCN)nc2)CC(C)(C)N1. The molecule has 6 nitrogen and oxygen atoms in total. The number of nitrogens with zero attached hydrogens (tertiary/aromatic N) is 1. The average Bonchev–Trinajstić information content (AvgIpc) is 2.37. The second-order valence-corrected chi connectivity index (χ2v) is 7.66. The van der Waals surface area contributed by atoms with Gasteiger partial charge in [0.2, 0.25) is 5.91 Å². The maximum Gasteiger partial charge on any atom is 0.226 e. The summed E-state index contributed by atoms with van der Waals surface area (Å²) in [6.07, 6.45) is 4.16. The maximum atomic E-state index is 11.5. The number of anilines is 2. The van der Waals surface area contributed by atoms with Crippen LogP contribution in [0.1, 0.15) is 47.0 Å². The largest absolute Gasteiger partial charge is 0.381 e. The molecule has 1 aliphatic rings. The second-order valence-electron chi connectivity index (χ2n) is 7.66. The van der Waals surface area contributed by atoms with Crippen LogP contribution in [-0.2, 0) is 4.79 Å². The van der Waals surface area contributed by atoms with E-state index >= 15 is 0 Å². The van der Waals surface area contributed by atoms with E-state index in [0.717, 1.165) is 18.5 Å². The molecule has 128 valence electrons. The Labute approximate surface area is 138 Å². The van der Waals surface area contributed by atoms with Crippen LogP contribution < -0.4 is 21.7 Å². The molecule has 6 heteroatoms. The monoisotopic (exact) mass is 319 g/mol. The Morgan fingerprint density at radius 3 is 2.48 bits per heavy atom. The molecule has 0 saturated carbocycles. The van der Waals surface area contributed by atoms with Crippen LogP contribution in [0.3, 0.4) is 0 Å². The lowest BCUT2D eigenvalue weighted by molar-refractivity contribution is -0.116. The molecule has 5 N–H and O–H groups in total.